The maximum absolute atomic E-state index is 11.9. The van der Waals surface area contributed by atoms with Crippen molar-refractivity contribution < 1.29 is 19.4 Å². The summed E-state index contributed by atoms with van der Waals surface area (Å²) in [6.07, 6.45) is 4.06. The number of aliphatic hydroxyl groups is 1. The number of ether oxygens (including phenoxy) is 2. The van der Waals surface area contributed by atoms with Gasteiger partial charge in [0.05, 0.1) is 18.4 Å². The standard InChI is InChI=1S/C26H30N4O4/c1-17-20-15-34-25(32)19(20)3-4-22(17)30-10-7-26(16-30)5-8-29(9-6-26)14-23(31)21-11-24(33-2)18(12-27)13-28-21/h3-4,11,13,23,31H,5-10,14-16H2,1-2H3. The molecule has 4 heterocycles. The number of anilines is 1. The molecule has 0 radical (unpaired) electrons. The normalized spacial score (nSPS) is 20.2. The van der Waals surface area contributed by atoms with Gasteiger partial charge in [0.15, 0.2) is 0 Å². The van der Waals surface area contributed by atoms with Gasteiger partial charge in [0, 0.05) is 43.1 Å². The molecule has 178 valence electrons. The quantitative estimate of drug-likeness (QED) is 0.677. The Hall–Kier alpha value is -3.15. The van der Waals surface area contributed by atoms with Crippen LogP contribution >= 0.6 is 0 Å². The summed E-state index contributed by atoms with van der Waals surface area (Å²) in [5.41, 5.74) is 5.28. The molecule has 1 N–H and O–H groups in total. The summed E-state index contributed by atoms with van der Waals surface area (Å²) in [7, 11) is 1.51. The number of nitrogens with zero attached hydrogens (tertiary/aromatic N) is 4. The van der Waals surface area contributed by atoms with Crippen molar-refractivity contribution in [2.45, 2.75) is 38.9 Å². The number of esters is 1. The number of carbonyl (C=O) groups excluding carboxylic acids is 1. The fourth-order valence-corrected chi connectivity index (χ4v) is 5.66. The van der Waals surface area contributed by atoms with Gasteiger partial charge in [-0.1, -0.05) is 0 Å². The SMILES string of the molecule is COc1cc(C(O)CN2CCC3(CC2)CCN(c2ccc4c(c2C)COC4=O)C3)ncc1C#N. The second kappa shape index (κ2) is 8.90. The van der Waals surface area contributed by atoms with Gasteiger partial charge in [-0.15, -0.1) is 0 Å². The first-order valence-electron chi connectivity index (χ1n) is 11.8. The minimum atomic E-state index is -0.727. The van der Waals surface area contributed by atoms with E-state index < -0.39 is 6.10 Å². The second-order valence-electron chi connectivity index (χ2n) is 9.72. The number of cyclic esters (lactones) is 1. The number of methoxy groups -OCH3 is 1. The Kier molecular flexibility index (Phi) is 5.92. The topological polar surface area (TPSA) is 98.9 Å². The fraction of sp³-hybridized carbons (Fsp3) is 0.500. The highest BCUT2D eigenvalue weighted by Crippen LogP contribution is 2.43. The molecule has 3 aliphatic heterocycles. The number of hydrogen-bond donors (Lipinski definition) is 1. The number of hydrogen-bond acceptors (Lipinski definition) is 8. The van der Waals surface area contributed by atoms with Gasteiger partial charge in [-0.3, -0.25) is 4.98 Å². The van der Waals surface area contributed by atoms with Gasteiger partial charge < -0.3 is 24.4 Å². The summed E-state index contributed by atoms with van der Waals surface area (Å²) in [6, 6.07) is 7.69. The smallest absolute Gasteiger partial charge is 0.338 e. The Morgan fingerprint density at radius 1 is 1.29 bits per heavy atom. The maximum atomic E-state index is 11.9. The molecule has 0 saturated carbocycles. The molecule has 8 heteroatoms. The van der Waals surface area contributed by atoms with Crippen molar-refractivity contribution in [3.63, 3.8) is 0 Å². The Labute approximate surface area is 199 Å². The van der Waals surface area contributed by atoms with Crippen molar-refractivity contribution in [1.29, 1.82) is 5.26 Å². The van der Waals surface area contributed by atoms with Gasteiger partial charge in [0.1, 0.15) is 30.1 Å². The highest BCUT2D eigenvalue weighted by atomic mass is 16.5. The average Bonchev–Trinajstić information content (AvgIpc) is 3.44. The fourth-order valence-electron chi connectivity index (χ4n) is 5.66. The molecule has 0 amide bonds. The van der Waals surface area contributed by atoms with Crippen LogP contribution in [0, 0.1) is 23.7 Å². The number of nitriles is 1. The number of fused-ring (bicyclic) bond motifs is 1. The number of aromatic nitrogens is 1. The minimum absolute atomic E-state index is 0.216. The summed E-state index contributed by atoms with van der Waals surface area (Å²) >= 11 is 0. The van der Waals surface area contributed by atoms with Gasteiger partial charge in [-0.2, -0.15) is 5.26 Å². The van der Waals surface area contributed by atoms with Crippen molar-refractivity contribution >= 4 is 11.7 Å². The van der Waals surface area contributed by atoms with Crippen LogP contribution in [0.2, 0.25) is 0 Å². The first-order valence-corrected chi connectivity index (χ1v) is 11.8. The lowest BCUT2D eigenvalue weighted by Gasteiger charge is -2.40. The molecule has 2 aromatic rings. The van der Waals surface area contributed by atoms with Gasteiger partial charge in [-0.05, 0) is 62.4 Å². The molecule has 0 bridgehead atoms. The highest BCUT2D eigenvalue weighted by molar-refractivity contribution is 5.94. The van der Waals surface area contributed by atoms with E-state index in [4.69, 9.17) is 14.7 Å². The number of piperidine rings is 1. The van der Waals surface area contributed by atoms with Crippen LogP contribution in [-0.4, -0.2) is 60.8 Å². The Bertz CT molecular complexity index is 1150. The van der Waals surface area contributed by atoms with E-state index in [1.165, 1.54) is 19.0 Å². The molecule has 2 fully saturated rings. The van der Waals surface area contributed by atoms with E-state index in [-0.39, 0.29) is 11.4 Å². The van der Waals surface area contributed by atoms with Crippen molar-refractivity contribution in [2.75, 3.05) is 44.7 Å². The van der Waals surface area contributed by atoms with Crippen molar-refractivity contribution in [2.24, 2.45) is 5.41 Å². The van der Waals surface area contributed by atoms with Crippen molar-refractivity contribution in [1.82, 2.24) is 9.88 Å². The number of pyridine rings is 1. The monoisotopic (exact) mass is 462 g/mol. The Morgan fingerprint density at radius 3 is 2.79 bits per heavy atom. The largest absolute Gasteiger partial charge is 0.495 e. The van der Waals surface area contributed by atoms with E-state index in [1.807, 2.05) is 6.07 Å². The van der Waals surface area contributed by atoms with E-state index in [2.05, 4.69) is 33.8 Å². The van der Waals surface area contributed by atoms with Crippen LogP contribution in [0.1, 0.15) is 58.1 Å². The van der Waals surface area contributed by atoms with Crippen molar-refractivity contribution in [3.8, 4) is 11.8 Å². The average molecular weight is 463 g/mol. The zero-order valence-corrected chi connectivity index (χ0v) is 19.7. The zero-order valence-electron chi connectivity index (χ0n) is 19.7. The summed E-state index contributed by atoms with van der Waals surface area (Å²) in [5, 5.41) is 19.9. The molecular formula is C26H30N4O4. The summed E-state index contributed by atoms with van der Waals surface area (Å²) < 4.78 is 10.5. The van der Waals surface area contributed by atoms with Crippen LogP contribution in [0.3, 0.4) is 0 Å². The molecule has 1 aromatic carbocycles. The minimum Gasteiger partial charge on any atom is -0.495 e. The lowest BCUT2D eigenvalue weighted by Crippen LogP contribution is -2.43. The molecule has 1 spiro atoms. The van der Waals surface area contributed by atoms with Gasteiger partial charge in [-0.25, -0.2) is 4.79 Å². The maximum Gasteiger partial charge on any atom is 0.338 e. The third-order valence-corrected chi connectivity index (χ3v) is 7.83. The molecule has 8 nitrogen and oxygen atoms in total. The van der Waals surface area contributed by atoms with E-state index in [0.29, 0.717) is 35.7 Å². The highest BCUT2D eigenvalue weighted by Gasteiger charge is 2.41. The lowest BCUT2D eigenvalue weighted by molar-refractivity contribution is 0.0535. The van der Waals surface area contributed by atoms with Crippen LogP contribution < -0.4 is 9.64 Å². The van der Waals surface area contributed by atoms with Gasteiger partial charge >= 0.3 is 5.97 Å². The van der Waals surface area contributed by atoms with Gasteiger partial charge in [0.2, 0.25) is 0 Å². The van der Waals surface area contributed by atoms with Crippen LogP contribution in [0.25, 0.3) is 0 Å². The Morgan fingerprint density at radius 2 is 2.06 bits per heavy atom. The molecule has 0 aliphatic carbocycles. The van der Waals surface area contributed by atoms with E-state index in [1.54, 1.807) is 6.07 Å². The van der Waals surface area contributed by atoms with E-state index in [9.17, 15) is 9.90 Å². The van der Waals surface area contributed by atoms with Crippen LogP contribution in [0.5, 0.6) is 5.75 Å². The number of aliphatic hydroxyl groups excluding tert-OH is 1. The molecule has 1 unspecified atom stereocenters. The second-order valence-corrected chi connectivity index (χ2v) is 9.72. The third kappa shape index (κ3) is 3.99. The van der Waals surface area contributed by atoms with Crippen LogP contribution in [-0.2, 0) is 11.3 Å². The number of β-amino-alcohol motifs (C(OH)–C–C–N with tert-alkyl or cyclic N) is 1. The summed E-state index contributed by atoms with van der Waals surface area (Å²) in [6.45, 7) is 6.90. The van der Waals surface area contributed by atoms with E-state index >= 15 is 0 Å². The number of benzene rings is 1. The predicted octanol–water partition coefficient (Wildman–Crippen LogP) is 2.97. The Balaban J connectivity index is 1.20. The molecular weight excluding hydrogens is 432 g/mol. The lowest BCUT2D eigenvalue weighted by atomic mass is 9.77. The van der Waals surface area contributed by atoms with Gasteiger partial charge in [0.25, 0.3) is 0 Å². The molecule has 3 aliphatic rings. The first kappa shape index (κ1) is 22.6. The number of carbonyl (C=O) groups is 1. The molecule has 5 rings (SSSR count). The molecule has 2 saturated heterocycles. The molecule has 34 heavy (non-hydrogen) atoms. The number of rotatable bonds is 5. The summed E-state index contributed by atoms with van der Waals surface area (Å²) in [4.78, 5) is 20.9. The zero-order chi connectivity index (χ0) is 23.9. The van der Waals surface area contributed by atoms with E-state index in [0.717, 1.165) is 56.6 Å². The molecule has 1 aromatic heterocycles. The summed E-state index contributed by atoms with van der Waals surface area (Å²) in [5.74, 6) is 0.222. The number of likely N-dealkylation sites (tertiary alicyclic amines) is 1. The molecule has 1 atom stereocenters. The first-order chi connectivity index (χ1) is 16.4. The third-order valence-electron chi connectivity index (χ3n) is 7.83. The van der Waals surface area contributed by atoms with Crippen LogP contribution in [0.4, 0.5) is 5.69 Å². The van der Waals surface area contributed by atoms with Crippen molar-refractivity contribution in [3.05, 3.63) is 52.3 Å². The predicted molar refractivity (Wildman–Crippen MR) is 126 cm³/mol. The van der Waals surface area contributed by atoms with Crippen LogP contribution in [0.15, 0.2) is 24.4 Å².